The Balaban J connectivity index is 1.39. The molecule has 3 aromatic carbocycles. The van der Waals surface area contributed by atoms with E-state index in [1.807, 2.05) is 18.2 Å². The Bertz CT molecular complexity index is 1640. The second kappa shape index (κ2) is 8.51. The quantitative estimate of drug-likeness (QED) is 0.303. The Kier molecular flexibility index (Phi) is 5.15. The predicted octanol–water partition coefficient (Wildman–Crippen LogP) is 5.80. The number of amides is 1. The number of anilines is 1. The Hall–Kier alpha value is -4.70. The van der Waals surface area contributed by atoms with Gasteiger partial charge in [-0.3, -0.25) is 4.79 Å². The minimum Gasteiger partial charge on any atom is -0.493 e. The monoisotopic (exact) mass is 487 g/mol. The molecule has 36 heavy (non-hydrogen) atoms. The van der Waals surface area contributed by atoms with Crippen LogP contribution in [0.1, 0.15) is 21.7 Å². The largest absolute Gasteiger partial charge is 0.493 e. The van der Waals surface area contributed by atoms with Crippen LogP contribution < -0.4 is 10.1 Å². The summed E-state index contributed by atoms with van der Waals surface area (Å²) in [6.45, 7) is 0.194. The second-order valence-electron chi connectivity index (χ2n) is 8.35. The van der Waals surface area contributed by atoms with E-state index in [4.69, 9.17) is 13.9 Å². The molecule has 1 aliphatic heterocycles. The molecule has 0 radical (unpaired) electrons. The fraction of sp³-hybridized carbons (Fsp3) is 0.115. The zero-order valence-corrected chi connectivity index (χ0v) is 18.7. The normalized spacial score (nSPS) is 12.9. The second-order valence-corrected chi connectivity index (χ2v) is 8.35. The number of rotatable bonds is 5. The van der Waals surface area contributed by atoms with Crippen LogP contribution in [0.3, 0.4) is 0 Å². The number of para-hydroxylation sites is 1. The molecule has 5 aromatic rings. The number of hydrogen-bond acceptors (Lipinski definition) is 7. The highest BCUT2D eigenvalue weighted by molar-refractivity contribution is 6.06. The predicted molar refractivity (Wildman–Crippen MR) is 129 cm³/mol. The van der Waals surface area contributed by atoms with Crippen LogP contribution in [-0.2, 0) is 17.9 Å². The number of nitroso groups, excluding NO2 is 1. The Morgan fingerprint density at radius 1 is 1.14 bits per heavy atom. The van der Waals surface area contributed by atoms with Gasteiger partial charge in [-0.1, -0.05) is 18.2 Å². The number of carbonyl (C=O) groups excluding carboxylic acids is 1. The zero-order valence-electron chi connectivity index (χ0n) is 18.7. The summed E-state index contributed by atoms with van der Waals surface area (Å²) in [6, 6.07) is 16.3. The van der Waals surface area contributed by atoms with Gasteiger partial charge in [-0.05, 0) is 47.6 Å². The van der Waals surface area contributed by atoms with Crippen LogP contribution >= 0.6 is 0 Å². The van der Waals surface area contributed by atoms with Crippen LogP contribution in [0, 0.1) is 10.7 Å². The molecule has 6 rings (SSSR count). The van der Waals surface area contributed by atoms with Crippen LogP contribution in [0.15, 0.2) is 70.3 Å². The van der Waals surface area contributed by atoms with Crippen molar-refractivity contribution < 1.29 is 28.2 Å². The highest BCUT2D eigenvalue weighted by Gasteiger charge is 2.23. The van der Waals surface area contributed by atoms with Crippen LogP contribution in [-0.4, -0.2) is 22.4 Å². The van der Waals surface area contributed by atoms with Gasteiger partial charge in [0.05, 0.1) is 18.7 Å². The maximum atomic E-state index is 14.3. The lowest BCUT2D eigenvalue weighted by Crippen LogP contribution is -2.15. The highest BCUT2D eigenvalue weighted by Crippen LogP contribution is 2.41. The minimum atomic E-state index is -0.485. The van der Waals surface area contributed by atoms with Gasteiger partial charge in [0.1, 0.15) is 17.1 Å². The molecule has 180 valence electrons. The summed E-state index contributed by atoms with van der Waals surface area (Å²) in [7, 11) is 0. The Labute approximate surface area is 202 Å². The molecule has 0 unspecified atom stereocenters. The van der Waals surface area contributed by atoms with Crippen molar-refractivity contribution in [2.75, 3.05) is 12.1 Å². The standard InChI is InChI=1S/C26H18FN3O6/c27-17-7-15(24-16(8-17)12-34-13-35-24)11-30-20-10-18(5-6-19(20)23(29-33)26(30)32)28-25(31)22-9-14-3-1-2-4-21(14)36-22/h1-10,32H,11-13H2,(H,28,31). The van der Waals surface area contributed by atoms with E-state index in [0.717, 1.165) is 5.39 Å². The molecule has 9 nitrogen and oxygen atoms in total. The first-order valence-corrected chi connectivity index (χ1v) is 11.0. The van der Waals surface area contributed by atoms with E-state index in [2.05, 4.69) is 10.5 Å². The summed E-state index contributed by atoms with van der Waals surface area (Å²) in [5.74, 6) is -0.740. The van der Waals surface area contributed by atoms with E-state index in [1.54, 1.807) is 30.3 Å². The number of carbonyl (C=O) groups is 1. The third-order valence-corrected chi connectivity index (χ3v) is 6.09. The van der Waals surface area contributed by atoms with E-state index in [9.17, 15) is 19.2 Å². The molecule has 3 heterocycles. The van der Waals surface area contributed by atoms with Crippen molar-refractivity contribution in [1.29, 1.82) is 0 Å². The van der Waals surface area contributed by atoms with Gasteiger partial charge in [-0.2, -0.15) is 0 Å². The van der Waals surface area contributed by atoms with Crippen LogP contribution in [0.4, 0.5) is 15.8 Å². The molecule has 1 aliphatic rings. The van der Waals surface area contributed by atoms with E-state index >= 15 is 0 Å². The summed E-state index contributed by atoms with van der Waals surface area (Å²) < 4.78 is 32.1. The number of aromatic nitrogens is 1. The van der Waals surface area contributed by atoms with Crippen molar-refractivity contribution in [1.82, 2.24) is 4.57 Å². The van der Waals surface area contributed by atoms with Gasteiger partial charge in [-0.25, -0.2) is 4.39 Å². The number of hydrogen-bond donors (Lipinski definition) is 2. The van der Waals surface area contributed by atoms with Gasteiger partial charge in [-0.15, -0.1) is 4.91 Å². The number of nitrogens with one attached hydrogen (secondary N) is 1. The van der Waals surface area contributed by atoms with Crippen molar-refractivity contribution >= 4 is 39.2 Å². The van der Waals surface area contributed by atoms with Crippen molar-refractivity contribution in [3.63, 3.8) is 0 Å². The summed E-state index contributed by atoms with van der Waals surface area (Å²) in [5, 5.41) is 17.7. The van der Waals surface area contributed by atoms with Crippen molar-refractivity contribution in [2.24, 2.45) is 5.18 Å². The number of nitrogens with zero attached hydrogens (tertiary/aromatic N) is 2. The molecular weight excluding hydrogens is 469 g/mol. The Morgan fingerprint density at radius 3 is 2.83 bits per heavy atom. The van der Waals surface area contributed by atoms with E-state index < -0.39 is 11.7 Å². The minimum absolute atomic E-state index is 0.0150. The molecule has 2 aromatic heterocycles. The van der Waals surface area contributed by atoms with Crippen LogP contribution in [0.5, 0.6) is 11.6 Å². The molecule has 0 aliphatic carbocycles. The number of furan rings is 1. The molecule has 0 spiro atoms. The lowest BCUT2D eigenvalue weighted by molar-refractivity contribution is -0.0173. The summed E-state index contributed by atoms with van der Waals surface area (Å²) in [6.07, 6.45) is 0. The van der Waals surface area contributed by atoms with Crippen LogP contribution in [0.25, 0.3) is 21.9 Å². The third kappa shape index (κ3) is 3.64. The number of fused-ring (bicyclic) bond motifs is 3. The maximum Gasteiger partial charge on any atom is 0.291 e. The van der Waals surface area contributed by atoms with Gasteiger partial charge >= 0.3 is 0 Å². The highest BCUT2D eigenvalue weighted by atomic mass is 19.1. The topological polar surface area (TPSA) is 115 Å². The summed E-state index contributed by atoms with van der Waals surface area (Å²) >= 11 is 0. The van der Waals surface area contributed by atoms with Crippen molar-refractivity contribution in [3.8, 4) is 11.6 Å². The Morgan fingerprint density at radius 2 is 2.00 bits per heavy atom. The number of halogens is 1. The van der Waals surface area contributed by atoms with Crippen molar-refractivity contribution in [3.05, 3.63) is 88.3 Å². The van der Waals surface area contributed by atoms with Crippen LogP contribution in [0.2, 0.25) is 0 Å². The summed E-state index contributed by atoms with van der Waals surface area (Å²) in [4.78, 5) is 24.3. The number of aromatic hydroxyl groups is 1. The first kappa shape index (κ1) is 21.8. The molecular formula is C26H18FN3O6. The molecule has 0 bridgehead atoms. The molecule has 2 N–H and O–H groups in total. The van der Waals surface area contributed by atoms with Gasteiger partial charge in [0.15, 0.2) is 18.2 Å². The van der Waals surface area contributed by atoms with Gasteiger partial charge in [0.2, 0.25) is 5.88 Å². The molecule has 0 atom stereocenters. The zero-order chi connectivity index (χ0) is 24.8. The smallest absolute Gasteiger partial charge is 0.291 e. The van der Waals surface area contributed by atoms with Gasteiger partial charge in [0.25, 0.3) is 5.91 Å². The summed E-state index contributed by atoms with van der Waals surface area (Å²) in [5.41, 5.74) is 2.23. The van der Waals surface area contributed by atoms with E-state index in [-0.39, 0.29) is 37.3 Å². The first-order chi connectivity index (χ1) is 17.5. The lowest BCUT2D eigenvalue weighted by atomic mass is 10.1. The average molecular weight is 487 g/mol. The van der Waals surface area contributed by atoms with Gasteiger partial charge < -0.3 is 28.9 Å². The van der Waals surface area contributed by atoms with E-state index in [1.165, 1.54) is 16.7 Å². The lowest BCUT2D eigenvalue weighted by Gasteiger charge is -2.21. The number of benzene rings is 3. The first-order valence-electron chi connectivity index (χ1n) is 11.0. The molecule has 10 heteroatoms. The average Bonchev–Trinajstić information content (AvgIpc) is 3.43. The number of ether oxygens (including phenoxy) is 2. The van der Waals surface area contributed by atoms with Gasteiger partial charge in [0, 0.05) is 27.6 Å². The third-order valence-electron chi connectivity index (χ3n) is 6.09. The molecule has 0 fully saturated rings. The van der Waals surface area contributed by atoms with E-state index in [0.29, 0.717) is 39.0 Å². The van der Waals surface area contributed by atoms with Crippen molar-refractivity contribution in [2.45, 2.75) is 13.2 Å². The SMILES string of the molecule is O=Nc1c(O)n(Cc2cc(F)cc3c2OCOC3)c2cc(NC(=O)c3cc4ccccc4o3)ccc12. The molecule has 0 saturated heterocycles. The maximum absolute atomic E-state index is 14.3. The molecule has 0 saturated carbocycles. The fourth-order valence-corrected chi connectivity index (χ4v) is 4.48. The molecule has 1 amide bonds. The fourth-order valence-electron chi connectivity index (χ4n) is 4.48.